The number of carbonyl (C=O) groups excluding carboxylic acids is 3. The van der Waals surface area contributed by atoms with Crippen LogP contribution in [0.5, 0.6) is 0 Å². The van der Waals surface area contributed by atoms with Gasteiger partial charge in [0, 0.05) is 39.6 Å². The number of hydrogen-bond acceptors (Lipinski definition) is 7. The van der Waals surface area contributed by atoms with Crippen LogP contribution in [0, 0.1) is 5.92 Å². The van der Waals surface area contributed by atoms with Crippen LogP contribution >= 0.6 is 0 Å². The Kier molecular flexibility index (Phi) is 46.1. The van der Waals surface area contributed by atoms with Crippen molar-refractivity contribution in [2.24, 2.45) is 5.92 Å². The molecule has 0 saturated carbocycles. The van der Waals surface area contributed by atoms with E-state index in [0.29, 0.717) is 31.9 Å². The second kappa shape index (κ2) is 47.6. The summed E-state index contributed by atoms with van der Waals surface area (Å²) in [6.45, 7) is 11.2. The lowest BCUT2D eigenvalue weighted by atomic mass is 9.97. The van der Waals surface area contributed by atoms with Gasteiger partial charge in [0.05, 0.1) is 6.61 Å². The fraction of sp³-hybridized carbons (Fsp3) is 0.942. The molecular formula is C52H103N3O6. The van der Waals surface area contributed by atoms with Gasteiger partial charge in [0.1, 0.15) is 6.10 Å². The standard InChI is InChI=1S/C52H103N3O6/c1-5-8-11-14-17-18-19-25-35-46-60-50(57)39-30-26-34-44-55(47-48(41-45-56)36-31-32-42-54-52(59)53-4)43-33-24-20-23-29-40-51(58)61-49(37-27-21-15-12-9-6-2)38-28-22-16-13-10-7-3/h48-49,56H,5-47H2,1-4H3,(H2,53,54,59). The summed E-state index contributed by atoms with van der Waals surface area (Å²) in [5.41, 5.74) is 0. The van der Waals surface area contributed by atoms with Gasteiger partial charge in [-0.1, -0.05) is 168 Å². The van der Waals surface area contributed by atoms with Gasteiger partial charge in [0.2, 0.25) is 0 Å². The summed E-state index contributed by atoms with van der Waals surface area (Å²) in [6.07, 6.45) is 41.8. The van der Waals surface area contributed by atoms with Crippen LogP contribution in [0.15, 0.2) is 0 Å². The summed E-state index contributed by atoms with van der Waals surface area (Å²) >= 11 is 0. The Bertz CT molecular complexity index is 936. The highest BCUT2D eigenvalue weighted by molar-refractivity contribution is 5.73. The lowest BCUT2D eigenvalue weighted by molar-refractivity contribution is -0.150. The Morgan fingerprint density at radius 2 is 0.951 bits per heavy atom. The van der Waals surface area contributed by atoms with Crippen LogP contribution in [0.2, 0.25) is 0 Å². The lowest BCUT2D eigenvalue weighted by Gasteiger charge is -2.27. The van der Waals surface area contributed by atoms with E-state index in [9.17, 15) is 19.5 Å². The zero-order valence-corrected chi connectivity index (χ0v) is 41.0. The van der Waals surface area contributed by atoms with E-state index in [1.165, 1.54) is 122 Å². The van der Waals surface area contributed by atoms with Crippen LogP contribution in [0.4, 0.5) is 4.79 Å². The van der Waals surface area contributed by atoms with E-state index in [2.05, 4.69) is 36.3 Å². The number of urea groups is 1. The van der Waals surface area contributed by atoms with Gasteiger partial charge in [-0.15, -0.1) is 0 Å². The zero-order valence-electron chi connectivity index (χ0n) is 41.0. The van der Waals surface area contributed by atoms with Crippen molar-refractivity contribution in [2.45, 2.75) is 264 Å². The third-order valence-electron chi connectivity index (χ3n) is 12.4. The highest BCUT2D eigenvalue weighted by atomic mass is 16.5. The Hall–Kier alpha value is -1.87. The molecule has 1 atom stereocenters. The molecule has 0 aliphatic heterocycles. The maximum Gasteiger partial charge on any atom is 0.314 e. The molecule has 0 fully saturated rings. The van der Waals surface area contributed by atoms with E-state index in [1.807, 2.05) is 0 Å². The first kappa shape index (κ1) is 59.1. The predicted molar refractivity (Wildman–Crippen MR) is 258 cm³/mol. The Labute approximate surface area is 378 Å². The Morgan fingerprint density at radius 1 is 0.508 bits per heavy atom. The molecule has 362 valence electrons. The zero-order chi connectivity index (χ0) is 44.7. The van der Waals surface area contributed by atoms with Crippen molar-refractivity contribution >= 4 is 18.0 Å². The average Bonchev–Trinajstić information content (AvgIpc) is 3.25. The van der Waals surface area contributed by atoms with E-state index < -0.39 is 0 Å². The quantitative estimate of drug-likeness (QED) is 0.0412. The maximum absolute atomic E-state index is 12.9. The molecule has 9 nitrogen and oxygen atoms in total. The van der Waals surface area contributed by atoms with Crippen molar-refractivity contribution in [2.75, 3.05) is 46.4 Å². The van der Waals surface area contributed by atoms with E-state index in [0.717, 1.165) is 122 Å². The van der Waals surface area contributed by atoms with Gasteiger partial charge in [0.15, 0.2) is 0 Å². The van der Waals surface area contributed by atoms with E-state index in [1.54, 1.807) is 7.05 Å². The average molecular weight is 866 g/mol. The van der Waals surface area contributed by atoms with Gasteiger partial charge < -0.3 is 30.1 Å². The molecule has 0 aliphatic rings. The molecule has 1 unspecified atom stereocenters. The molecule has 0 aromatic carbocycles. The Morgan fingerprint density at radius 3 is 1.48 bits per heavy atom. The number of amides is 2. The first-order valence-corrected chi connectivity index (χ1v) is 26.5. The number of aliphatic hydroxyl groups excluding tert-OH is 1. The van der Waals surface area contributed by atoms with Crippen LogP contribution < -0.4 is 10.6 Å². The molecule has 0 bridgehead atoms. The first-order valence-electron chi connectivity index (χ1n) is 26.5. The van der Waals surface area contributed by atoms with Crippen molar-refractivity contribution in [1.29, 1.82) is 0 Å². The number of unbranched alkanes of at least 4 members (excludes halogenated alkanes) is 25. The number of carbonyl (C=O) groups is 3. The van der Waals surface area contributed by atoms with E-state index in [-0.39, 0.29) is 30.7 Å². The van der Waals surface area contributed by atoms with Crippen LogP contribution in [0.25, 0.3) is 0 Å². The summed E-state index contributed by atoms with van der Waals surface area (Å²) in [5, 5.41) is 15.4. The van der Waals surface area contributed by atoms with Crippen LogP contribution in [-0.2, 0) is 19.1 Å². The molecule has 0 radical (unpaired) electrons. The number of hydrogen-bond donors (Lipinski definition) is 3. The third kappa shape index (κ3) is 43.2. The second-order valence-corrected chi connectivity index (χ2v) is 18.3. The fourth-order valence-electron chi connectivity index (χ4n) is 8.42. The minimum atomic E-state index is -0.142. The number of nitrogens with zero attached hydrogens (tertiary/aromatic N) is 1. The van der Waals surface area contributed by atoms with Crippen LogP contribution in [-0.4, -0.2) is 80.5 Å². The molecule has 0 rings (SSSR count). The SMILES string of the molecule is CCCCCCCCCCCOC(=O)CCCCCN(CCCCCCCC(=O)OC(CCCCCCCC)CCCCCCCC)CC(CCO)CCCCNC(=O)NC. The van der Waals surface area contributed by atoms with Crippen molar-refractivity contribution in [1.82, 2.24) is 15.5 Å². The van der Waals surface area contributed by atoms with Crippen molar-refractivity contribution in [3.8, 4) is 0 Å². The van der Waals surface area contributed by atoms with Crippen molar-refractivity contribution in [3.63, 3.8) is 0 Å². The molecule has 9 heteroatoms. The molecule has 0 saturated heterocycles. The molecule has 2 amide bonds. The largest absolute Gasteiger partial charge is 0.466 e. The second-order valence-electron chi connectivity index (χ2n) is 18.3. The molecule has 0 aromatic rings. The topological polar surface area (TPSA) is 117 Å². The lowest BCUT2D eigenvalue weighted by Crippen LogP contribution is -2.33. The predicted octanol–water partition coefficient (Wildman–Crippen LogP) is 13.8. The minimum absolute atomic E-state index is 0.000424. The van der Waals surface area contributed by atoms with Crippen LogP contribution in [0.3, 0.4) is 0 Å². The molecule has 0 aliphatic carbocycles. The van der Waals surface area contributed by atoms with Gasteiger partial charge in [-0.3, -0.25) is 9.59 Å². The fourth-order valence-corrected chi connectivity index (χ4v) is 8.42. The Balaban J connectivity index is 4.70. The number of nitrogens with one attached hydrogen (secondary N) is 2. The monoisotopic (exact) mass is 866 g/mol. The van der Waals surface area contributed by atoms with Gasteiger partial charge >= 0.3 is 18.0 Å². The van der Waals surface area contributed by atoms with Gasteiger partial charge in [-0.25, -0.2) is 4.79 Å². The van der Waals surface area contributed by atoms with E-state index in [4.69, 9.17) is 9.47 Å². The smallest absolute Gasteiger partial charge is 0.314 e. The van der Waals surface area contributed by atoms with Gasteiger partial charge in [0.25, 0.3) is 0 Å². The molecule has 3 N–H and O–H groups in total. The minimum Gasteiger partial charge on any atom is -0.466 e. The third-order valence-corrected chi connectivity index (χ3v) is 12.4. The van der Waals surface area contributed by atoms with Crippen molar-refractivity contribution < 1.29 is 29.0 Å². The number of aliphatic hydroxyl groups is 1. The maximum atomic E-state index is 12.9. The molecule has 0 spiro atoms. The van der Waals surface area contributed by atoms with Gasteiger partial charge in [-0.05, 0) is 96.1 Å². The molecule has 61 heavy (non-hydrogen) atoms. The summed E-state index contributed by atoms with van der Waals surface area (Å²) in [6, 6.07) is -0.142. The summed E-state index contributed by atoms with van der Waals surface area (Å²) < 4.78 is 11.6. The summed E-state index contributed by atoms with van der Waals surface area (Å²) in [4.78, 5) is 39.4. The molecule has 0 aromatic heterocycles. The number of ether oxygens (including phenoxy) is 2. The highest BCUT2D eigenvalue weighted by Crippen LogP contribution is 2.20. The van der Waals surface area contributed by atoms with Crippen molar-refractivity contribution in [3.05, 3.63) is 0 Å². The highest BCUT2D eigenvalue weighted by Gasteiger charge is 2.16. The van der Waals surface area contributed by atoms with Crippen LogP contribution in [0.1, 0.15) is 258 Å². The molecular weight excluding hydrogens is 763 g/mol. The summed E-state index contributed by atoms with van der Waals surface area (Å²) in [5.74, 6) is 0.359. The number of rotatable bonds is 48. The van der Waals surface area contributed by atoms with Gasteiger partial charge in [-0.2, -0.15) is 0 Å². The summed E-state index contributed by atoms with van der Waals surface area (Å²) in [7, 11) is 1.63. The van der Waals surface area contributed by atoms with E-state index >= 15 is 0 Å². The first-order chi connectivity index (χ1) is 29.9. The number of esters is 2. The molecule has 0 heterocycles. The normalized spacial score (nSPS) is 12.0.